The van der Waals surface area contributed by atoms with Crippen LogP contribution in [0.3, 0.4) is 0 Å². The smallest absolute Gasteiger partial charge is 0.338 e. The van der Waals surface area contributed by atoms with E-state index in [1.54, 1.807) is 6.92 Å². The number of hydrogen-bond acceptors (Lipinski definition) is 6. The van der Waals surface area contributed by atoms with Crippen molar-refractivity contribution in [3.05, 3.63) is 35.5 Å². The van der Waals surface area contributed by atoms with E-state index in [-0.39, 0.29) is 5.97 Å². The maximum atomic E-state index is 12.2. The highest BCUT2D eigenvalue weighted by Crippen LogP contribution is 2.38. The third-order valence-corrected chi connectivity index (χ3v) is 3.95. The van der Waals surface area contributed by atoms with Crippen molar-refractivity contribution >= 4 is 22.7 Å². The lowest BCUT2D eigenvalue weighted by atomic mass is 10.0. The molecule has 2 aromatic rings. The number of nitrogens with one attached hydrogen (secondary N) is 3. The molecule has 2 heterocycles. The van der Waals surface area contributed by atoms with E-state index < -0.39 is 0 Å². The second-order valence-electron chi connectivity index (χ2n) is 5.45. The highest BCUT2D eigenvalue weighted by atomic mass is 16.5. The van der Waals surface area contributed by atoms with Crippen LogP contribution in [0.15, 0.2) is 29.5 Å². The van der Waals surface area contributed by atoms with E-state index in [1.165, 1.54) is 12.8 Å². The van der Waals surface area contributed by atoms with E-state index in [9.17, 15) is 4.79 Å². The minimum atomic E-state index is -0.311. The molecular formula is C15H17N5O2. The van der Waals surface area contributed by atoms with Crippen molar-refractivity contribution in [2.24, 2.45) is 5.10 Å². The number of fused-ring (bicyclic) bond motifs is 1. The highest BCUT2D eigenvalue weighted by molar-refractivity contribution is 6.11. The van der Waals surface area contributed by atoms with Crippen molar-refractivity contribution in [1.29, 1.82) is 0 Å². The van der Waals surface area contributed by atoms with Gasteiger partial charge >= 0.3 is 5.97 Å². The maximum Gasteiger partial charge on any atom is 0.338 e. The van der Waals surface area contributed by atoms with E-state index >= 15 is 0 Å². The first kappa shape index (κ1) is 13.1. The van der Waals surface area contributed by atoms with Crippen LogP contribution in [-0.4, -0.2) is 23.0 Å². The normalized spacial score (nSPS) is 17.0. The summed E-state index contributed by atoms with van der Waals surface area (Å²) in [7, 11) is 0. The zero-order valence-corrected chi connectivity index (χ0v) is 12.2. The van der Waals surface area contributed by atoms with Crippen LogP contribution in [-0.2, 0) is 4.74 Å². The second kappa shape index (κ2) is 5.03. The fourth-order valence-corrected chi connectivity index (χ4v) is 2.79. The molecule has 3 N–H and O–H groups in total. The third-order valence-electron chi connectivity index (χ3n) is 3.95. The number of nitrogens with zero attached hydrogens (tertiary/aromatic N) is 2. The lowest BCUT2D eigenvalue weighted by molar-refractivity contribution is 0.0526. The van der Waals surface area contributed by atoms with E-state index in [2.05, 4.69) is 38.4 Å². The molecule has 1 aliphatic heterocycles. The van der Waals surface area contributed by atoms with Gasteiger partial charge in [-0.25, -0.2) is 10.3 Å². The van der Waals surface area contributed by atoms with Crippen molar-refractivity contribution < 1.29 is 9.53 Å². The van der Waals surface area contributed by atoms with Crippen LogP contribution >= 0.6 is 0 Å². The number of esters is 1. The Kier molecular flexibility index (Phi) is 3.00. The summed E-state index contributed by atoms with van der Waals surface area (Å²) in [5.41, 5.74) is 10.8. The molecule has 22 heavy (non-hydrogen) atoms. The number of benzene rings is 1. The van der Waals surface area contributed by atoms with Gasteiger partial charge in [0.05, 0.1) is 12.2 Å². The highest BCUT2D eigenvalue weighted by Gasteiger charge is 2.26. The molecule has 114 valence electrons. The number of rotatable bonds is 4. The number of aromatic nitrogens is 1. The summed E-state index contributed by atoms with van der Waals surface area (Å²) in [6.45, 7) is 2.17. The molecule has 1 aromatic heterocycles. The van der Waals surface area contributed by atoms with Crippen molar-refractivity contribution in [2.75, 3.05) is 6.61 Å². The molecule has 2 aliphatic rings. The van der Waals surface area contributed by atoms with E-state index in [0.29, 0.717) is 24.0 Å². The Balaban J connectivity index is 1.89. The lowest BCUT2D eigenvalue weighted by Crippen LogP contribution is -2.35. The van der Waals surface area contributed by atoms with Gasteiger partial charge in [-0.3, -0.25) is 5.43 Å². The molecule has 1 aliphatic carbocycles. The predicted molar refractivity (Wildman–Crippen MR) is 82.1 cm³/mol. The van der Waals surface area contributed by atoms with Crippen LogP contribution in [0.5, 0.6) is 0 Å². The van der Waals surface area contributed by atoms with Crippen LogP contribution in [0.1, 0.15) is 41.7 Å². The van der Waals surface area contributed by atoms with Crippen molar-refractivity contribution in [3.8, 4) is 0 Å². The zero-order valence-electron chi connectivity index (χ0n) is 12.2. The van der Waals surface area contributed by atoms with Gasteiger partial charge in [0.2, 0.25) is 0 Å². The van der Waals surface area contributed by atoms with Gasteiger partial charge in [-0.05, 0) is 38.0 Å². The summed E-state index contributed by atoms with van der Waals surface area (Å²) in [5, 5.41) is 5.22. The average molecular weight is 299 g/mol. The van der Waals surface area contributed by atoms with Crippen LogP contribution in [0, 0.1) is 0 Å². The number of hydrogen-bond donors (Lipinski definition) is 3. The Hall–Kier alpha value is -2.54. The quantitative estimate of drug-likeness (QED) is 0.744. The Labute approximate surface area is 127 Å². The standard InChI is InChI=1S/C15H17N5O2/c1-2-22-15(21)9-7-12(14-16-18-19-17-14)11-5-6-20(10-3-4-10)13(11)8-9/h5-8,10,18-19H,2-4H2,1H3,(H,16,17). The van der Waals surface area contributed by atoms with Gasteiger partial charge < -0.3 is 9.30 Å². The topological polar surface area (TPSA) is 79.7 Å². The summed E-state index contributed by atoms with van der Waals surface area (Å²) in [6, 6.07) is 6.34. The molecule has 1 fully saturated rings. The largest absolute Gasteiger partial charge is 0.462 e. The molecular weight excluding hydrogens is 282 g/mol. The van der Waals surface area contributed by atoms with Gasteiger partial charge in [0.15, 0.2) is 5.84 Å². The fourth-order valence-electron chi connectivity index (χ4n) is 2.79. The predicted octanol–water partition coefficient (Wildman–Crippen LogP) is 1.43. The number of hydrazone groups is 1. The van der Waals surface area contributed by atoms with Gasteiger partial charge in [-0.1, -0.05) is 0 Å². The van der Waals surface area contributed by atoms with Gasteiger partial charge in [-0.15, -0.1) is 10.6 Å². The summed E-state index contributed by atoms with van der Waals surface area (Å²) in [4.78, 5) is 12.2. The van der Waals surface area contributed by atoms with Gasteiger partial charge in [0.25, 0.3) is 0 Å². The first-order valence-electron chi connectivity index (χ1n) is 7.43. The lowest BCUT2D eigenvalue weighted by Gasteiger charge is -2.09. The third kappa shape index (κ3) is 2.10. The summed E-state index contributed by atoms with van der Waals surface area (Å²) < 4.78 is 7.38. The maximum absolute atomic E-state index is 12.2. The van der Waals surface area contributed by atoms with Crippen molar-refractivity contribution in [3.63, 3.8) is 0 Å². The molecule has 1 aromatic carbocycles. The minimum absolute atomic E-state index is 0.311. The summed E-state index contributed by atoms with van der Waals surface area (Å²) in [6.07, 6.45) is 4.45. The molecule has 0 bridgehead atoms. The molecule has 0 radical (unpaired) electrons. The minimum Gasteiger partial charge on any atom is -0.462 e. The molecule has 7 heteroatoms. The second-order valence-corrected chi connectivity index (χ2v) is 5.45. The average Bonchev–Trinajstić information content (AvgIpc) is 3.06. The monoisotopic (exact) mass is 299 g/mol. The van der Waals surface area contributed by atoms with Crippen LogP contribution < -0.4 is 16.5 Å². The van der Waals surface area contributed by atoms with Crippen molar-refractivity contribution in [1.82, 2.24) is 21.1 Å². The number of carbonyl (C=O) groups excluding carboxylic acids is 1. The molecule has 0 unspecified atom stereocenters. The molecule has 4 rings (SSSR count). The van der Waals surface area contributed by atoms with Gasteiger partial charge in [0.1, 0.15) is 0 Å². The molecule has 1 saturated carbocycles. The fraction of sp³-hybridized carbons (Fsp3) is 0.333. The Bertz CT molecular complexity index is 776. The van der Waals surface area contributed by atoms with Crippen molar-refractivity contribution in [2.45, 2.75) is 25.8 Å². The van der Waals surface area contributed by atoms with Gasteiger partial charge in [0, 0.05) is 28.7 Å². The number of ether oxygens (including phenoxy) is 1. The number of amidine groups is 1. The van der Waals surface area contributed by atoms with E-state index in [4.69, 9.17) is 4.74 Å². The molecule has 0 spiro atoms. The zero-order chi connectivity index (χ0) is 15.1. The van der Waals surface area contributed by atoms with Gasteiger partial charge in [-0.2, -0.15) is 0 Å². The Morgan fingerprint density at radius 1 is 1.45 bits per heavy atom. The summed E-state index contributed by atoms with van der Waals surface area (Å²) in [5.74, 6) is 0.346. The Morgan fingerprint density at radius 3 is 3.00 bits per heavy atom. The van der Waals surface area contributed by atoms with Crippen LogP contribution in [0.25, 0.3) is 10.9 Å². The number of carbonyl (C=O) groups is 1. The molecule has 0 atom stereocenters. The molecule has 7 nitrogen and oxygen atoms in total. The first-order valence-corrected chi connectivity index (χ1v) is 7.43. The summed E-state index contributed by atoms with van der Waals surface area (Å²) >= 11 is 0. The van der Waals surface area contributed by atoms with E-state index in [1.807, 2.05) is 12.1 Å². The van der Waals surface area contributed by atoms with Crippen LogP contribution in [0.4, 0.5) is 0 Å². The van der Waals surface area contributed by atoms with E-state index in [0.717, 1.165) is 16.5 Å². The Morgan fingerprint density at radius 2 is 2.32 bits per heavy atom. The van der Waals surface area contributed by atoms with Crippen LogP contribution in [0.2, 0.25) is 0 Å². The number of hydrazine groups is 2. The molecule has 0 amide bonds. The first-order chi connectivity index (χ1) is 10.8. The molecule has 0 saturated heterocycles. The SMILES string of the molecule is CCOC(=O)c1cc(C2=NNNN2)c2ccn(C3CC3)c2c1.